The molecule has 0 bridgehead atoms. The van der Waals surface area contributed by atoms with Gasteiger partial charge in [0.15, 0.2) is 11.5 Å². The van der Waals surface area contributed by atoms with Crippen molar-refractivity contribution < 1.29 is 14.2 Å². The SMILES string of the molecule is COc1cc(CCN(C)C(C)C)cc(OC)c1OC. The van der Waals surface area contributed by atoms with Crippen molar-refractivity contribution >= 4 is 0 Å². The van der Waals surface area contributed by atoms with Crippen molar-refractivity contribution in [3.8, 4) is 17.2 Å². The first-order valence-corrected chi connectivity index (χ1v) is 6.52. The van der Waals surface area contributed by atoms with E-state index in [2.05, 4.69) is 25.8 Å². The summed E-state index contributed by atoms with van der Waals surface area (Å²) in [6.45, 7) is 5.38. The zero-order valence-corrected chi connectivity index (χ0v) is 12.8. The van der Waals surface area contributed by atoms with Gasteiger partial charge in [-0.3, -0.25) is 0 Å². The Hall–Kier alpha value is -1.42. The van der Waals surface area contributed by atoms with Gasteiger partial charge in [0.2, 0.25) is 5.75 Å². The molecular formula is C15H25NO3. The van der Waals surface area contributed by atoms with Crippen LogP contribution in [0.4, 0.5) is 0 Å². The van der Waals surface area contributed by atoms with Crippen LogP contribution in [-0.2, 0) is 6.42 Å². The van der Waals surface area contributed by atoms with Gasteiger partial charge in [-0.1, -0.05) is 0 Å². The molecule has 1 aromatic carbocycles. The lowest BCUT2D eigenvalue weighted by atomic mass is 10.1. The lowest BCUT2D eigenvalue weighted by Crippen LogP contribution is -2.28. The zero-order chi connectivity index (χ0) is 14.4. The van der Waals surface area contributed by atoms with E-state index in [1.54, 1.807) is 21.3 Å². The predicted octanol–water partition coefficient (Wildman–Crippen LogP) is 2.60. The second kappa shape index (κ2) is 7.24. The average molecular weight is 267 g/mol. The average Bonchev–Trinajstić information content (AvgIpc) is 2.42. The Morgan fingerprint density at radius 3 is 1.89 bits per heavy atom. The molecule has 0 radical (unpaired) electrons. The second-order valence-electron chi connectivity index (χ2n) is 4.86. The molecule has 0 spiro atoms. The summed E-state index contributed by atoms with van der Waals surface area (Å²) in [7, 11) is 7.03. The molecule has 0 unspecified atom stereocenters. The number of hydrogen-bond donors (Lipinski definition) is 0. The van der Waals surface area contributed by atoms with Crippen LogP contribution in [0.2, 0.25) is 0 Å². The maximum Gasteiger partial charge on any atom is 0.203 e. The molecule has 0 fully saturated rings. The van der Waals surface area contributed by atoms with Gasteiger partial charge in [-0.15, -0.1) is 0 Å². The van der Waals surface area contributed by atoms with Crippen molar-refractivity contribution in [3.05, 3.63) is 17.7 Å². The standard InChI is InChI=1S/C15H25NO3/c1-11(2)16(3)8-7-12-9-13(17-4)15(19-6)14(10-12)18-5/h9-11H,7-8H2,1-6H3. The van der Waals surface area contributed by atoms with E-state index >= 15 is 0 Å². The minimum Gasteiger partial charge on any atom is -0.493 e. The Morgan fingerprint density at radius 1 is 1.00 bits per heavy atom. The van der Waals surface area contributed by atoms with Gasteiger partial charge in [0.1, 0.15) is 0 Å². The zero-order valence-electron chi connectivity index (χ0n) is 12.8. The van der Waals surface area contributed by atoms with Crippen LogP contribution in [0.5, 0.6) is 17.2 Å². The first kappa shape index (κ1) is 15.6. The van der Waals surface area contributed by atoms with Crippen molar-refractivity contribution in [2.24, 2.45) is 0 Å². The summed E-state index contributed by atoms with van der Waals surface area (Å²) >= 11 is 0. The smallest absolute Gasteiger partial charge is 0.203 e. The first-order valence-electron chi connectivity index (χ1n) is 6.52. The lowest BCUT2D eigenvalue weighted by Gasteiger charge is -2.21. The van der Waals surface area contributed by atoms with Crippen LogP contribution in [0, 0.1) is 0 Å². The number of rotatable bonds is 7. The maximum absolute atomic E-state index is 5.36. The van der Waals surface area contributed by atoms with Gasteiger partial charge in [0, 0.05) is 12.6 Å². The fourth-order valence-corrected chi connectivity index (χ4v) is 1.84. The Morgan fingerprint density at radius 2 is 1.53 bits per heavy atom. The van der Waals surface area contributed by atoms with E-state index in [9.17, 15) is 0 Å². The molecule has 4 nitrogen and oxygen atoms in total. The molecule has 0 aliphatic carbocycles. The van der Waals surface area contributed by atoms with E-state index in [0.717, 1.165) is 13.0 Å². The summed E-state index contributed by atoms with van der Waals surface area (Å²) in [6.07, 6.45) is 0.950. The molecule has 0 aromatic heterocycles. The molecule has 0 aliphatic rings. The third-order valence-corrected chi connectivity index (χ3v) is 3.36. The Kier molecular flexibility index (Phi) is 5.96. The Balaban J connectivity index is 2.90. The van der Waals surface area contributed by atoms with Crippen LogP contribution >= 0.6 is 0 Å². The molecule has 108 valence electrons. The summed E-state index contributed by atoms with van der Waals surface area (Å²) in [4.78, 5) is 2.31. The van der Waals surface area contributed by atoms with Gasteiger partial charge in [-0.05, 0) is 45.0 Å². The van der Waals surface area contributed by atoms with Crippen LogP contribution in [0.1, 0.15) is 19.4 Å². The quantitative estimate of drug-likeness (QED) is 0.760. The third-order valence-electron chi connectivity index (χ3n) is 3.36. The van der Waals surface area contributed by atoms with Crippen molar-refractivity contribution in [1.82, 2.24) is 4.90 Å². The summed E-state index contributed by atoms with van der Waals surface area (Å²) in [5, 5.41) is 0. The maximum atomic E-state index is 5.36. The number of likely N-dealkylation sites (N-methyl/N-ethyl adjacent to an activating group) is 1. The Labute approximate surface area is 116 Å². The van der Waals surface area contributed by atoms with E-state index in [1.807, 2.05) is 12.1 Å². The highest BCUT2D eigenvalue weighted by Crippen LogP contribution is 2.38. The number of nitrogens with zero attached hydrogens (tertiary/aromatic N) is 1. The summed E-state index contributed by atoms with van der Waals surface area (Å²) in [6, 6.07) is 4.56. The summed E-state index contributed by atoms with van der Waals surface area (Å²) < 4.78 is 16.0. The van der Waals surface area contributed by atoms with Gasteiger partial charge in [-0.2, -0.15) is 0 Å². The van der Waals surface area contributed by atoms with Gasteiger partial charge in [0.25, 0.3) is 0 Å². The second-order valence-corrected chi connectivity index (χ2v) is 4.86. The van der Waals surface area contributed by atoms with Gasteiger partial charge >= 0.3 is 0 Å². The molecule has 0 aliphatic heterocycles. The monoisotopic (exact) mass is 267 g/mol. The molecule has 0 heterocycles. The largest absolute Gasteiger partial charge is 0.493 e. The van der Waals surface area contributed by atoms with Gasteiger partial charge in [0.05, 0.1) is 21.3 Å². The molecular weight excluding hydrogens is 242 g/mol. The van der Waals surface area contributed by atoms with E-state index in [0.29, 0.717) is 23.3 Å². The molecule has 0 amide bonds. The third kappa shape index (κ3) is 4.03. The summed E-state index contributed by atoms with van der Waals surface area (Å²) in [5.41, 5.74) is 1.18. The Bertz CT molecular complexity index is 379. The van der Waals surface area contributed by atoms with E-state index in [-0.39, 0.29) is 0 Å². The molecule has 1 aromatic rings. The minimum atomic E-state index is 0.544. The van der Waals surface area contributed by atoms with Gasteiger partial charge in [-0.25, -0.2) is 0 Å². The number of methoxy groups -OCH3 is 3. The number of ether oxygens (including phenoxy) is 3. The predicted molar refractivity (Wildman–Crippen MR) is 77.6 cm³/mol. The van der Waals surface area contributed by atoms with Crippen molar-refractivity contribution in [2.45, 2.75) is 26.3 Å². The molecule has 0 saturated heterocycles. The van der Waals surface area contributed by atoms with E-state index in [4.69, 9.17) is 14.2 Å². The fraction of sp³-hybridized carbons (Fsp3) is 0.600. The highest BCUT2D eigenvalue weighted by molar-refractivity contribution is 5.53. The number of hydrogen-bond acceptors (Lipinski definition) is 4. The molecule has 4 heteroatoms. The van der Waals surface area contributed by atoms with Gasteiger partial charge < -0.3 is 19.1 Å². The minimum absolute atomic E-state index is 0.544. The van der Waals surface area contributed by atoms with Crippen molar-refractivity contribution in [2.75, 3.05) is 34.9 Å². The summed E-state index contributed by atoms with van der Waals surface area (Å²) in [5.74, 6) is 2.07. The normalized spacial score (nSPS) is 10.9. The lowest BCUT2D eigenvalue weighted by molar-refractivity contribution is 0.277. The molecule has 0 N–H and O–H groups in total. The molecule has 1 rings (SSSR count). The topological polar surface area (TPSA) is 30.9 Å². The molecule has 0 atom stereocenters. The van der Waals surface area contributed by atoms with E-state index in [1.165, 1.54) is 5.56 Å². The van der Waals surface area contributed by atoms with Crippen molar-refractivity contribution in [1.29, 1.82) is 0 Å². The van der Waals surface area contributed by atoms with Crippen LogP contribution in [0.3, 0.4) is 0 Å². The first-order chi connectivity index (χ1) is 9.03. The number of benzene rings is 1. The van der Waals surface area contributed by atoms with Crippen molar-refractivity contribution in [3.63, 3.8) is 0 Å². The molecule has 0 saturated carbocycles. The van der Waals surface area contributed by atoms with E-state index < -0.39 is 0 Å². The van der Waals surface area contributed by atoms with Crippen LogP contribution < -0.4 is 14.2 Å². The highest BCUT2D eigenvalue weighted by Gasteiger charge is 2.13. The highest BCUT2D eigenvalue weighted by atomic mass is 16.5. The van der Waals surface area contributed by atoms with Crippen LogP contribution in [0.15, 0.2) is 12.1 Å². The van der Waals surface area contributed by atoms with Crippen LogP contribution in [0.25, 0.3) is 0 Å². The fourth-order valence-electron chi connectivity index (χ4n) is 1.84. The molecule has 19 heavy (non-hydrogen) atoms. The van der Waals surface area contributed by atoms with Crippen LogP contribution in [-0.4, -0.2) is 45.9 Å².